The van der Waals surface area contributed by atoms with E-state index in [2.05, 4.69) is 74.5 Å². The molecular formula is C25H46OSi. The molecule has 4 atom stereocenters. The molecule has 0 N–H and O–H groups in total. The van der Waals surface area contributed by atoms with Crippen molar-refractivity contribution >= 4 is 8.32 Å². The lowest BCUT2D eigenvalue weighted by Gasteiger charge is -2.45. The van der Waals surface area contributed by atoms with Gasteiger partial charge in [0.05, 0.1) is 0 Å². The van der Waals surface area contributed by atoms with Gasteiger partial charge in [-0.25, -0.2) is 0 Å². The zero-order valence-corrected chi connectivity index (χ0v) is 20.6. The molecule has 27 heavy (non-hydrogen) atoms. The molecule has 0 aromatic heterocycles. The Morgan fingerprint density at radius 2 is 1.52 bits per heavy atom. The van der Waals surface area contributed by atoms with E-state index in [-0.39, 0.29) is 0 Å². The summed E-state index contributed by atoms with van der Waals surface area (Å²) in [4.78, 5) is 0. The minimum Gasteiger partial charge on any atom is -0.416 e. The van der Waals surface area contributed by atoms with Crippen LogP contribution >= 0.6 is 0 Å². The lowest BCUT2D eigenvalue weighted by molar-refractivity contribution is 0.157. The third kappa shape index (κ3) is 4.81. The minimum atomic E-state index is -1.76. The van der Waals surface area contributed by atoms with Gasteiger partial charge in [-0.15, -0.1) is 0 Å². The molecule has 0 radical (unpaired) electrons. The molecule has 1 saturated carbocycles. The first-order chi connectivity index (χ1) is 12.6. The molecule has 0 amide bonds. The molecule has 0 heterocycles. The molecule has 1 fully saturated rings. The Balaban J connectivity index is 2.17. The Hall–Kier alpha value is -0.343. The van der Waals surface area contributed by atoms with Crippen LogP contribution in [0, 0.1) is 23.7 Å². The highest BCUT2D eigenvalue weighted by Crippen LogP contribution is 2.47. The van der Waals surface area contributed by atoms with E-state index in [1.165, 1.54) is 25.7 Å². The second kappa shape index (κ2) is 9.44. The predicted octanol–water partition coefficient (Wildman–Crippen LogP) is 8.14. The van der Waals surface area contributed by atoms with Crippen molar-refractivity contribution in [1.29, 1.82) is 0 Å². The van der Waals surface area contributed by atoms with E-state index in [1.54, 1.807) is 11.1 Å². The molecule has 0 bridgehead atoms. The highest BCUT2D eigenvalue weighted by atomic mass is 28.4. The van der Waals surface area contributed by atoms with Gasteiger partial charge in [-0.2, -0.15) is 0 Å². The zero-order valence-electron chi connectivity index (χ0n) is 19.6. The van der Waals surface area contributed by atoms with Crippen molar-refractivity contribution in [1.82, 2.24) is 0 Å². The molecule has 2 aliphatic rings. The summed E-state index contributed by atoms with van der Waals surface area (Å²) in [5.74, 6) is 2.98. The summed E-state index contributed by atoms with van der Waals surface area (Å²) >= 11 is 0. The van der Waals surface area contributed by atoms with E-state index in [4.69, 9.17) is 4.43 Å². The third-order valence-electron chi connectivity index (χ3n) is 7.88. The van der Waals surface area contributed by atoms with Crippen LogP contribution in [0.5, 0.6) is 0 Å². The number of hydrogen-bond donors (Lipinski definition) is 0. The highest BCUT2D eigenvalue weighted by molar-refractivity contribution is 6.77. The average molecular weight is 391 g/mol. The first kappa shape index (κ1) is 22.9. The van der Waals surface area contributed by atoms with Crippen LogP contribution in [-0.2, 0) is 4.43 Å². The van der Waals surface area contributed by atoms with Gasteiger partial charge in [0.15, 0.2) is 8.32 Å². The van der Waals surface area contributed by atoms with Crippen LogP contribution < -0.4 is 0 Å². The normalized spacial score (nSPS) is 28.1. The lowest BCUT2D eigenvalue weighted by Crippen LogP contribution is -2.49. The molecule has 0 aromatic carbocycles. The van der Waals surface area contributed by atoms with Crippen LogP contribution in [0.15, 0.2) is 23.3 Å². The molecule has 0 unspecified atom stereocenters. The summed E-state index contributed by atoms with van der Waals surface area (Å²) in [5.41, 5.74) is 5.31. The molecule has 0 saturated heterocycles. The minimum absolute atomic E-state index is 0.626. The van der Waals surface area contributed by atoms with Crippen molar-refractivity contribution in [3.63, 3.8) is 0 Å². The average Bonchev–Trinajstić information content (AvgIpc) is 2.77. The van der Waals surface area contributed by atoms with E-state index in [0.29, 0.717) is 28.5 Å². The first-order valence-corrected chi connectivity index (χ1v) is 13.8. The van der Waals surface area contributed by atoms with Crippen molar-refractivity contribution in [3.05, 3.63) is 23.3 Å². The first-order valence-electron chi connectivity index (χ1n) is 11.6. The van der Waals surface area contributed by atoms with E-state index in [9.17, 15) is 0 Å². The molecule has 0 aromatic rings. The Labute approximate surface area is 171 Å². The Morgan fingerprint density at radius 1 is 0.926 bits per heavy atom. The molecule has 2 heteroatoms. The Kier molecular flexibility index (Phi) is 8.02. The largest absolute Gasteiger partial charge is 0.416 e. The summed E-state index contributed by atoms with van der Waals surface area (Å²) in [6.07, 6.45) is 10.3. The molecule has 0 aliphatic heterocycles. The number of fused-ring (bicyclic) bond motifs is 1. The van der Waals surface area contributed by atoms with Crippen molar-refractivity contribution in [2.75, 3.05) is 6.61 Å². The van der Waals surface area contributed by atoms with Gasteiger partial charge in [0.2, 0.25) is 0 Å². The molecule has 2 rings (SSSR count). The van der Waals surface area contributed by atoms with E-state index in [1.807, 2.05) is 0 Å². The fourth-order valence-corrected chi connectivity index (χ4v) is 11.9. The summed E-state index contributed by atoms with van der Waals surface area (Å²) < 4.78 is 6.98. The van der Waals surface area contributed by atoms with E-state index in [0.717, 1.165) is 18.4 Å². The van der Waals surface area contributed by atoms with E-state index >= 15 is 0 Å². The standard InChI is InChI=1S/C25H46OSi/c1-17(2)27(18(3)4,19(5)6)26-16-22(9)24-15-12-21(8)23-13-10-20(7)11-14-25(23)24/h11,14,17-19,21-24H,10,12-13,15-16H2,1-9H3/t21-,22+,23+,24+/m1/s1. The Bertz CT molecular complexity index is 521. The lowest BCUT2D eigenvalue weighted by atomic mass is 9.66. The monoisotopic (exact) mass is 390 g/mol. The van der Waals surface area contributed by atoms with Crippen LogP contribution in [-0.4, -0.2) is 14.9 Å². The fourth-order valence-electron chi connectivity index (χ4n) is 6.32. The van der Waals surface area contributed by atoms with Crippen LogP contribution in [0.2, 0.25) is 16.6 Å². The van der Waals surface area contributed by atoms with E-state index < -0.39 is 8.32 Å². The van der Waals surface area contributed by atoms with Gasteiger partial charge < -0.3 is 4.43 Å². The van der Waals surface area contributed by atoms with Crippen molar-refractivity contribution < 1.29 is 4.43 Å². The molecule has 1 nitrogen and oxygen atoms in total. The maximum Gasteiger partial charge on any atom is 0.200 e. The van der Waals surface area contributed by atoms with Gasteiger partial charge in [-0.1, -0.05) is 78.7 Å². The zero-order chi connectivity index (χ0) is 20.4. The number of hydrogen-bond acceptors (Lipinski definition) is 1. The molecular weight excluding hydrogens is 344 g/mol. The SMILES string of the molecule is CC1=CC=C2[C@@H](CC1)[C@H](C)CC[C@H]2[C@@H](C)CO[Si](C(C)C)(C(C)C)C(C)C. The van der Waals surface area contributed by atoms with Gasteiger partial charge in [0, 0.05) is 6.61 Å². The van der Waals surface area contributed by atoms with Crippen LogP contribution in [0.4, 0.5) is 0 Å². The van der Waals surface area contributed by atoms with Crippen LogP contribution in [0.3, 0.4) is 0 Å². The summed E-state index contributed by atoms with van der Waals surface area (Å²) in [5, 5.41) is 0. The Morgan fingerprint density at radius 3 is 2.07 bits per heavy atom. The quantitative estimate of drug-likeness (QED) is 0.398. The van der Waals surface area contributed by atoms with Gasteiger partial charge in [0.25, 0.3) is 0 Å². The van der Waals surface area contributed by atoms with Gasteiger partial charge in [-0.3, -0.25) is 0 Å². The summed E-state index contributed by atoms with van der Waals surface area (Å²) in [7, 11) is -1.76. The molecule has 2 aliphatic carbocycles. The van der Waals surface area contributed by atoms with Gasteiger partial charge in [0.1, 0.15) is 0 Å². The predicted molar refractivity (Wildman–Crippen MR) is 123 cm³/mol. The number of rotatable bonds is 7. The topological polar surface area (TPSA) is 9.23 Å². The molecule has 156 valence electrons. The third-order valence-corrected chi connectivity index (χ3v) is 14.0. The highest BCUT2D eigenvalue weighted by Gasteiger charge is 2.46. The fraction of sp³-hybridized carbons (Fsp3) is 0.840. The van der Waals surface area contributed by atoms with Gasteiger partial charge >= 0.3 is 0 Å². The maximum absolute atomic E-state index is 6.98. The second-order valence-corrected chi connectivity index (χ2v) is 16.1. The summed E-state index contributed by atoms with van der Waals surface area (Å²) in [6, 6.07) is 0. The molecule has 0 spiro atoms. The second-order valence-electron chi connectivity index (χ2n) is 10.6. The van der Waals surface area contributed by atoms with Crippen molar-refractivity contribution in [2.24, 2.45) is 23.7 Å². The van der Waals surface area contributed by atoms with Crippen LogP contribution in [0.25, 0.3) is 0 Å². The van der Waals surface area contributed by atoms with Crippen LogP contribution in [0.1, 0.15) is 88.0 Å². The summed E-state index contributed by atoms with van der Waals surface area (Å²) in [6.45, 7) is 22.6. The number of allylic oxidation sites excluding steroid dienone is 4. The smallest absolute Gasteiger partial charge is 0.200 e. The van der Waals surface area contributed by atoms with Crippen molar-refractivity contribution in [2.45, 2.75) is 105 Å². The van der Waals surface area contributed by atoms with Gasteiger partial charge in [-0.05, 0) is 72.9 Å². The maximum atomic E-state index is 6.98. The van der Waals surface area contributed by atoms with Crippen molar-refractivity contribution in [3.8, 4) is 0 Å².